The second-order valence-corrected chi connectivity index (χ2v) is 9.64. The number of ether oxygens (including phenoxy) is 1. The molecule has 3 aromatic carbocycles. The summed E-state index contributed by atoms with van der Waals surface area (Å²) < 4.78 is 24.7. The van der Waals surface area contributed by atoms with Crippen molar-refractivity contribution < 1.29 is 23.1 Å². The van der Waals surface area contributed by atoms with Gasteiger partial charge in [-0.25, -0.2) is 4.39 Å². The second-order valence-electron chi connectivity index (χ2n) is 8.72. The molecule has 0 aliphatic carbocycles. The number of hydrogen-bond donors (Lipinski definition) is 1. The first-order chi connectivity index (χ1) is 19.0. The van der Waals surface area contributed by atoms with Gasteiger partial charge in [-0.3, -0.25) is 9.59 Å². The summed E-state index contributed by atoms with van der Waals surface area (Å²) in [4.78, 5) is 29.4. The molecule has 11 heteroatoms. The van der Waals surface area contributed by atoms with Crippen LogP contribution in [-0.4, -0.2) is 66.0 Å². The molecule has 1 aliphatic heterocycles. The minimum Gasteiger partial charge on any atom is -0.496 e. The number of amides is 2. The van der Waals surface area contributed by atoms with Crippen LogP contribution in [0.3, 0.4) is 0 Å². The number of anilines is 2. The number of nitrogens with one attached hydrogen (secondary N) is 1. The Morgan fingerprint density at radius 1 is 0.974 bits per heavy atom. The van der Waals surface area contributed by atoms with Gasteiger partial charge in [0.15, 0.2) is 0 Å². The maximum atomic E-state index is 13.9. The van der Waals surface area contributed by atoms with E-state index in [1.54, 1.807) is 37.4 Å². The lowest BCUT2D eigenvalue weighted by molar-refractivity contribution is -0.113. The third-order valence-electron chi connectivity index (χ3n) is 6.26. The first-order valence-electron chi connectivity index (χ1n) is 12.3. The summed E-state index contributed by atoms with van der Waals surface area (Å²) in [6.07, 6.45) is 0. The van der Waals surface area contributed by atoms with Crippen molar-refractivity contribution in [2.45, 2.75) is 5.22 Å². The van der Waals surface area contributed by atoms with Gasteiger partial charge in [0.2, 0.25) is 5.91 Å². The summed E-state index contributed by atoms with van der Waals surface area (Å²) in [6, 6.07) is 20.9. The number of halogens is 1. The third kappa shape index (κ3) is 6.20. The van der Waals surface area contributed by atoms with Crippen LogP contribution in [0.2, 0.25) is 0 Å². The molecule has 0 radical (unpaired) electrons. The number of thioether (sulfide) groups is 1. The zero-order valence-electron chi connectivity index (χ0n) is 21.2. The Balaban J connectivity index is 1.10. The number of benzene rings is 3. The van der Waals surface area contributed by atoms with Crippen molar-refractivity contribution in [1.29, 1.82) is 0 Å². The van der Waals surface area contributed by atoms with Gasteiger partial charge in [0.1, 0.15) is 11.6 Å². The van der Waals surface area contributed by atoms with E-state index in [-0.39, 0.29) is 34.2 Å². The molecule has 1 aliphatic rings. The summed E-state index contributed by atoms with van der Waals surface area (Å²) in [6.45, 7) is 2.59. The van der Waals surface area contributed by atoms with Gasteiger partial charge in [-0.2, -0.15) is 0 Å². The number of nitrogens with zero attached hydrogens (tertiary/aromatic N) is 4. The van der Waals surface area contributed by atoms with E-state index in [0.29, 0.717) is 43.2 Å². The van der Waals surface area contributed by atoms with Gasteiger partial charge < -0.3 is 24.3 Å². The highest BCUT2D eigenvalue weighted by atomic mass is 32.2. The standard InChI is InChI=1S/C28H26FN5O4S/c1-37-24-9-5-3-7-22(24)27(36)34-16-14-33(15-17-34)20-12-10-19(11-13-20)30-25(35)18-39-28-32-31-26(38-28)21-6-2-4-8-23(21)29/h2-13H,14-18H2,1H3,(H,30,35). The van der Waals surface area contributed by atoms with Gasteiger partial charge >= 0.3 is 0 Å². The Labute approximate surface area is 229 Å². The predicted octanol–water partition coefficient (Wildman–Crippen LogP) is 4.58. The van der Waals surface area contributed by atoms with Crippen LogP contribution in [0.4, 0.5) is 15.8 Å². The monoisotopic (exact) mass is 547 g/mol. The highest BCUT2D eigenvalue weighted by Gasteiger charge is 2.24. The highest BCUT2D eigenvalue weighted by molar-refractivity contribution is 7.99. The van der Waals surface area contributed by atoms with E-state index in [1.807, 2.05) is 41.3 Å². The average molecular weight is 548 g/mol. The average Bonchev–Trinajstić information content (AvgIpc) is 3.45. The van der Waals surface area contributed by atoms with Crippen LogP contribution >= 0.6 is 11.8 Å². The third-order valence-corrected chi connectivity index (χ3v) is 7.08. The fourth-order valence-corrected chi connectivity index (χ4v) is 4.81. The SMILES string of the molecule is COc1ccccc1C(=O)N1CCN(c2ccc(NC(=O)CSc3nnc(-c4ccccc4F)o3)cc2)CC1. The van der Waals surface area contributed by atoms with Crippen LogP contribution in [0.25, 0.3) is 11.5 Å². The van der Waals surface area contributed by atoms with Gasteiger partial charge in [0, 0.05) is 37.6 Å². The number of carbonyl (C=O) groups excluding carboxylic acids is 2. The molecule has 39 heavy (non-hydrogen) atoms. The molecular weight excluding hydrogens is 521 g/mol. The van der Waals surface area contributed by atoms with Gasteiger partial charge in [-0.15, -0.1) is 10.2 Å². The molecule has 1 fully saturated rings. The van der Waals surface area contributed by atoms with E-state index in [2.05, 4.69) is 20.4 Å². The summed E-state index contributed by atoms with van der Waals surface area (Å²) >= 11 is 1.08. The Morgan fingerprint density at radius 2 is 1.69 bits per heavy atom. The molecule has 2 amide bonds. The van der Waals surface area contributed by atoms with Gasteiger partial charge in [-0.1, -0.05) is 36.0 Å². The topological polar surface area (TPSA) is 101 Å². The zero-order chi connectivity index (χ0) is 27.2. The molecule has 0 unspecified atom stereocenters. The van der Waals surface area contributed by atoms with E-state index in [9.17, 15) is 14.0 Å². The van der Waals surface area contributed by atoms with Crippen LogP contribution in [0.5, 0.6) is 5.75 Å². The number of methoxy groups -OCH3 is 1. The zero-order valence-corrected chi connectivity index (χ0v) is 22.0. The molecule has 5 rings (SSSR count). The van der Waals surface area contributed by atoms with E-state index in [4.69, 9.17) is 9.15 Å². The maximum absolute atomic E-state index is 13.9. The van der Waals surface area contributed by atoms with E-state index in [1.165, 1.54) is 6.07 Å². The summed E-state index contributed by atoms with van der Waals surface area (Å²) in [5, 5.41) is 10.8. The minimum absolute atomic E-state index is 0.0352. The minimum atomic E-state index is -0.456. The van der Waals surface area contributed by atoms with Crippen molar-refractivity contribution >= 4 is 35.0 Å². The van der Waals surface area contributed by atoms with Crippen molar-refractivity contribution in [3.63, 3.8) is 0 Å². The quantitative estimate of drug-likeness (QED) is 0.320. The molecule has 0 bridgehead atoms. The lowest BCUT2D eigenvalue weighted by Gasteiger charge is -2.36. The lowest BCUT2D eigenvalue weighted by Crippen LogP contribution is -2.48. The number of para-hydroxylation sites is 1. The van der Waals surface area contributed by atoms with Crippen molar-refractivity contribution in [3.8, 4) is 17.2 Å². The number of hydrogen-bond acceptors (Lipinski definition) is 8. The number of carbonyl (C=O) groups is 2. The van der Waals surface area contributed by atoms with Crippen molar-refractivity contribution in [2.24, 2.45) is 0 Å². The molecule has 200 valence electrons. The number of piperazine rings is 1. The Kier molecular flexibility index (Phi) is 8.07. The first kappa shape index (κ1) is 26.2. The highest BCUT2D eigenvalue weighted by Crippen LogP contribution is 2.26. The van der Waals surface area contributed by atoms with Gasteiger partial charge in [0.25, 0.3) is 17.0 Å². The fourth-order valence-electron chi connectivity index (χ4n) is 4.25. The molecule has 0 spiro atoms. The molecule has 4 aromatic rings. The van der Waals surface area contributed by atoms with Crippen LogP contribution in [0.15, 0.2) is 82.4 Å². The van der Waals surface area contributed by atoms with E-state index >= 15 is 0 Å². The Hall–Kier alpha value is -4.38. The van der Waals surface area contributed by atoms with E-state index in [0.717, 1.165) is 17.4 Å². The molecule has 0 atom stereocenters. The van der Waals surface area contributed by atoms with Crippen LogP contribution in [0.1, 0.15) is 10.4 Å². The molecule has 9 nitrogen and oxygen atoms in total. The summed E-state index contributed by atoms with van der Waals surface area (Å²) in [7, 11) is 1.56. The van der Waals surface area contributed by atoms with Gasteiger partial charge in [-0.05, 0) is 48.5 Å². The Bertz CT molecular complexity index is 1450. The van der Waals surface area contributed by atoms with Crippen LogP contribution in [0, 0.1) is 5.82 Å². The summed E-state index contributed by atoms with van der Waals surface area (Å²) in [5.41, 5.74) is 2.45. The normalized spacial score (nSPS) is 13.3. The van der Waals surface area contributed by atoms with Crippen LogP contribution < -0.4 is 15.0 Å². The summed E-state index contributed by atoms with van der Waals surface area (Å²) in [5.74, 6) is -0.0269. The van der Waals surface area contributed by atoms with E-state index < -0.39 is 5.82 Å². The molecule has 1 saturated heterocycles. The van der Waals surface area contributed by atoms with Crippen molar-refractivity contribution in [3.05, 3.63) is 84.2 Å². The molecule has 2 heterocycles. The smallest absolute Gasteiger partial charge is 0.277 e. The fraction of sp³-hybridized carbons (Fsp3) is 0.214. The maximum Gasteiger partial charge on any atom is 0.277 e. The molecule has 0 saturated carbocycles. The van der Waals surface area contributed by atoms with Gasteiger partial charge in [0.05, 0.1) is 24.0 Å². The predicted molar refractivity (Wildman–Crippen MR) is 147 cm³/mol. The molecule has 1 N–H and O–H groups in total. The van der Waals surface area contributed by atoms with Crippen molar-refractivity contribution in [1.82, 2.24) is 15.1 Å². The molecular formula is C28H26FN5O4S. The number of aromatic nitrogens is 2. The molecule has 1 aromatic heterocycles. The second kappa shape index (κ2) is 12.0. The van der Waals surface area contributed by atoms with Crippen LogP contribution in [-0.2, 0) is 4.79 Å². The largest absolute Gasteiger partial charge is 0.496 e. The lowest BCUT2D eigenvalue weighted by atomic mass is 10.1. The first-order valence-corrected chi connectivity index (χ1v) is 13.3. The van der Waals surface area contributed by atoms with Crippen molar-refractivity contribution in [2.75, 3.05) is 49.3 Å². The number of rotatable bonds is 8. The Morgan fingerprint density at radius 3 is 2.44 bits per heavy atom.